The zero-order valence-electron chi connectivity index (χ0n) is 11.9. The van der Waals surface area contributed by atoms with Crippen LogP contribution in [0.1, 0.15) is 28.9 Å². The minimum absolute atomic E-state index is 0.0632. The SMILES string of the molecule is COC(=O)c1ccc(N)c(NC(C)c2ccc(Br)cc2)c1. The molecule has 0 saturated heterocycles. The Morgan fingerprint density at radius 1 is 1.24 bits per heavy atom. The van der Waals surface area contributed by atoms with Gasteiger partial charge in [0.1, 0.15) is 0 Å². The van der Waals surface area contributed by atoms with E-state index in [1.54, 1.807) is 18.2 Å². The van der Waals surface area contributed by atoms with Crippen molar-refractivity contribution in [2.75, 3.05) is 18.2 Å². The van der Waals surface area contributed by atoms with Crippen LogP contribution >= 0.6 is 15.9 Å². The number of nitrogen functional groups attached to an aromatic ring is 1. The molecule has 21 heavy (non-hydrogen) atoms. The zero-order valence-corrected chi connectivity index (χ0v) is 13.5. The molecule has 0 aliphatic rings. The number of carbonyl (C=O) groups excluding carboxylic acids is 1. The van der Waals surface area contributed by atoms with Crippen molar-refractivity contribution < 1.29 is 9.53 Å². The molecule has 0 spiro atoms. The second kappa shape index (κ2) is 6.63. The first-order chi connectivity index (χ1) is 10.0. The summed E-state index contributed by atoms with van der Waals surface area (Å²) in [5, 5.41) is 3.32. The molecule has 0 saturated carbocycles. The average Bonchev–Trinajstić information content (AvgIpc) is 2.49. The van der Waals surface area contributed by atoms with E-state index < -0.39 is 0 Å². The van der Waals surface area contributed by atoms with Crippen molar-refractivity contribution in [2.24, 2.45) is 0 Å². The van der Waals surface area contributed by atoms with Crippen LogP contribution in [0, 0.1) is 0 Å². The molecule has 1 unspecified atom stereocenters. The van der Waals surface area contributed by atoms with E-state index in [-0.39, 0.29) is 12.0 Å². The molecule has 2 aromatic rings. The monoisotopic (exact) mass is 348 g/mol. The fraction of sp³-hybridized carbons (Fsp3) is 0.188. The van der Waals surface area contributed by atoms with Gasteiger partial charge in [0.25, 0.3) is 0 Å². The normalized spacial score (nSPS) is 11.8. The van der Waals surface area contributed by atoms with Gasteiger partial charge in [-0.2, -0.15) is 0 Å². The Labute approximate surface area is 132 Å². The highest BCUT2D eigenvalue weighted by Gasteiger charge is 2.11. The molecule has 2 aromatic carbocycles. The molecule has 0 radical (unpaired) electrons. The van der Waals surface area contributed by atoms with E-state index in [2.05, 4.69) is 21.2 Å². The average molecular weight is 349 g/mol. The molecule has 3 N–H and O–H groups in total. The minimum atomic E-state index is -0.380. The van der Waals surface area contributed by atoms with Gasteiger partial charge >= 0.3 is 5.97 Å². The number of ether oxygens (including phenoxy) is 1. The Kier molecular flexibility index (Phi) is 4.85. The molecule has 0 amide bonds. The van der Waals surface area contributed by atoms with Gasteiger partial charge in [-0.15, -0.1) is 0 Å². The fourth-order valence-electron chi connectivity index (χ4n) is 1.99. The lowest BCUT2D eigenvalue weighted by Gasteiger charge is -2.18. The van der Waals surface area contributed by atoms with Crippen LogP contribution in [0.3, 0.4) is 0 Å². The molecule has 0 aliphatic carbocycles. The molecule has 4 nitrogen and oxygen atoms in total. The second-order valence-electron chi connectivity index (χ2n) is 4.71. The first-order valence-electron chi connectivity index (χ1n) is 6.51. The van der Waals surface area contributed by atoms with Crippen molar-refractivity contribution >= 4 is 33.3 Å². The molecule has 1 atom stereocenters. The lowest BCUT2D eigenvalue weighted by molar-refractivity contribution is 0.0601. The number of anilines is 2. The van der Waals surface area contributed by atoms with Crippen molar-refractivity contribution in [1.29, 1.82) is 0 Å². The quantitative estimate of drug-likeness (QED) is 0.647. The minimum Gasteiger partial charge on any atom is -0.465 e. The van der Waals surface area contributed by atoms with Crippen LogP contribution in [0.5, 0.6) is 0 Å². The standard InChI is InChI=1S/C16H17BrN2O2/c1-10(11-3-6-13(17)7-4-11)19-15-9-12(16(20)21-2)5-8-14(15)18/h3-10,19H,18H2,1-2H3. The van der Waals surface area contributed by atoms with Crippen molar-refractivity contribution in [3.05, 3.63) is 58.1 Å². The van der Waals surface area contributed by atoms with Gasteiger partial charge < -0.3 is 15.8 Å². The number of nitrogens with two attached hydrogens (primary N) is 1. The van der Waals surface area contributed by atoms with Gasteiger partial charge in [0, 0.05) is 10.5 Å². The second-order valence-corrected chi connectivity index (χ2v) is 5.63. The lowest BCUT2D eigenvalue weighted by Crippen LogP contribution is -2.10. The van der Waals surface area contributed by atoms with Crippen LogP contribution in [0.4, 0.5) is 11.4 Å². The summed E-state index contributed by atoms with van der Waals surface area (Å²) >= 11 is 3.41. The van der Waals surface area contributed by atoms with Gasteiger partial charge in [-0.05, 0) is 42.8 Å². The number of nitrogens with one attached hydrogen (secondary N) is 1. The number of hydrogen-bond acceptors (Lipinski definition) is 4. The maximum Gasteiger partial charge on any atom is 0.337 e. The van der Waals surface area contributed by atoms with Crippen LogP contribution in [-0.4, -0.2) is 13.1 Å². The van der Waals surface area contributed by atoms with Crippen LogP contribution in [0.15, 0.2) is 46.9 Å². The Hall–Kier alpha value is -2.01. The van der Waals surface area contributed by atoms with E-state index in [9.17, 15) is 4.79 Å². The molecule has 0 aromatic heterocycles. The number of rotatable bonds is 4. The van der Waals surface area contributed by atoms with E-state index >= 15 is 0 Å². The summed E-state index contributed by atoms with van der Waals surface area (Å²) in [6, 6.07) is 13.2. The summed E-state index contributed by atoms with van der Waals surface area (Å²) in [4.78, 5) is 11.6. The van der Waals surface area contributed by atoms with Gasteiger partial charge in [-0.25, -0.2) is 4.79 Å². The van der Waals surface area contributed by atoms with Crippen molar-refractivity contribution in [3.8, 4) is 0 Å². The lowest BCUT2D eigenvalue weighted by atomic mass is 10.1. The summed E-state index contributed by atoms with van der Waals surface area (Å²) in [7, 11) is 1.36. The van der Waals surface area contributed by atoms with Crippen LogP contribution in [0.2, 0.25) is 0 Å². The van der Waals surface area contributed by atoms with Crippen LogP contribution in [-0.2, 0) is 4.74 Å². The highest BCUT2D eigenvalue weighted by atomic mass is 79.9. The molecule has 0 aliphatic heterocycles. The maximum absolute atomic E-state index is 11.6. The Morgan fingerprint density at radius 3 is 2.52 bits per heavy atom. The largest absolute Gasteiger partial charge is 0.465 e. The topological polar surface area (TPSA) is 64.3 Å². The number of hydrogen-bond donors (Lipinski definition) is 2. The molecule has 0 fully saturated rings. The predicted octanol–water partition coefficient (Wildman–Crippen LogP) is 3.99. The van der Waals surface area contributed by atoms with Crippen molar-refractivity contribution in [1.82, 2.24) is 0 Å². The van der Waals surface area contributed by atoms with Crippen molar-refractivity contribution in [3.63, 3.8) is 0 Å². The first kappa shape index (κ1) is 15.4. The molecule has 0 bridgehead atoms. The number of methoxy groups -OCH3 is 1. The molecular weight excluding hydrogens is 332 g/mol. The summed E-state index contributed by atoms with van der Waals surface area (Å²) < 4.78 is 5.75. The molecule has 2 rings (SSSR count). The van der Waals surface area contributed by atoms with Crippen LogP contribution < -0.4 is 11.1 Å². The Morgan fingerprint density at radius 2 is 1.90 bits per heavy atom. The Bertz CT molecular complexity index is 641. The van der Waals surface area contributed by atoms with E-state index in [0.29, 0.717) is 16.9 Å². The van der Waals surface area contributed by atoms with E-state index in [1.807, 2.05) is 31.2 Å². The van der Waals surface area contributed by atoms with Crippen molar-refractivity contribution in [2.45, 2.75) is 13.0 Å². The van der Waals surface area contributed by atoms with Crippen LogP contribution in [0.25, 0.3) is 0 Å². The highest BCUT2D eigenvalue weighted by Crippen LogP contribution is 2.26. The third-order valence-electron chi connectivity index (χ3n) is 3.22. The van der Waals surface area contributed by atoms with Gasteiger partial charge in [-0.1, -0.05) is 28.1 Å². The summed E-state index contributed by atoms with van der Waals surface area (Å²) in [5.41, 5.74) is 8.86. The van der Waals surface area contributed by atoms with Gasteiger partial charge in [-0.3, -0.25) is 0 Å². The van der Waals surface area contributed by atoms with Gasteiger partial charge in [0.2, 0.25) is 0 Å². The molecule has 110 valence electrons. The van der Waals surface area contributed by atoms with E-state index in [4.69, 9.17) is 10.5 Å². The van der Waals surface area contributed by atoms with Gasteiger partial charge in [0.05, 0.1) is 24.0 Å². The zero-order chi connectivity index (χ0) is 15.4. The molecular formula is C16H17BrN2O2. The first-order valence-corrected chi connectivity index (χ1v) is 7.30. The van der Waals surface area contributed by atoms with E-state index in [1.165, 1.54) is 7.11 Å². The summed E-state index contributed by atoms with van der Waals surface area (Å²) in [6.07, 6.45) is 0. The molecule has 5 heteroatoms. The van der Waals surface area contributed by atoms with Gasteiger partial charge in [0.15, 0.2) is 0 Å². The fourth-order valence-corrected chi connectivity index (χ4v) is 2.26. The number of esters is 1. The Balaban J connectivity index is 2.22. The smallest absolute Gasteiger partial charge is 0.337 e. The third kappa shape index (κ3) is 3.76. The predicted molar refractivity (Wildman–Crippen MR) is 88.4 cm³/mol. The summed E-state index contributed by atoms with van der Waals surface area (Å²) in [6.45, 7) is 2.04. The number of halogens is 1. The third-order valence-corrected chi connectivity index (χ3v) is 3.75. The van der Waals surface area contributed by atoms with E-state index in [0.717, 1.165) is 10.0 Å². The maximum atomic E-state index is 11.6. The number of carbonyl (C=O) groups is 1. The summed E-state index contributed by atoms with van der Waals surface area (Å²) in [5.74, 6) is -0.380. The highest BCUT2D eigenvalue weighted by molar-refractivity contribution is 9.10. The number of benzene rings is 2. The molecule has 0 heterocycles.